The Labute approximate surface area is 119 Å². The molecule has 6 heteroatoms. The molecule has 2 N–H and O–H groups in total. The van der Waals surface area contributed by atoms with Crippen molar-refractivity contribution in [3.05, 3.63) is 36.5 Å². The molecule has 0 radical (unpaired) electrons. The van der Waals surface area contributed by atoms with E-state index in [1.807, 2.05) is 12.1 Å². The number of hydrogen-bond acceptors (Lipinski definition) is 4. The molecule has 110 valence electrons. The quantitative estimate of drug-likeness (QED) is 0.321. The minimum atomic E-state index is 0.499. The highest BCUT2D eigenvalue weighted by atomic mass is 16.5. The molecular formula is C14H22N4O2. The van der Waals surface area contributed by atoms with Gasteiger partial charge in [0.1, 0.15) is 6.61 Å². The van der Waals surface area contributed by atoms with Gasteiger partial charge in [-0.05, 0) is 5.56 Å². The van der Waals surface area contributed by atoms with Gasteiger partial charge in [0.25, 0.3) is 0 Å². The molecule has 0 saturated carbocycles. The standard InChI is InChI=1S/C14H22N4O2/c1-4-7-16-14(15-2)18-11-12-5-6-13(17-10-12)20-9-8-19-3/h4-6,10H,1,7-9,11H2,2-3H3,(H2,15,16,18). The van der Waals surface area contributed by atoms with Gasteiger partial charge in [-0.1, -0.05) is 12.1 Å². The molecule has 1 rings (SSSR count). The average molecular weight is 278 g/mol. The summed E-state index contributed by atoms with van der Waals surface area (Å²) in [7, 11) is 3.36. The maximum atomic E-state index is 5.40. The summed E-state index contributed by atoms with van der Waals surface area (Å²) >= 11 is 0. The SMILES string of the molecule is C=CCNC(=NC)NCc1ccc(OCCOC)nc1. The van der Waals surface area contributed by atoms with Gasteiger partial charge in [-0.3, -0.25) is 4.99 Å². The molecule has 0 aliphatic rings. The first-order valence-corrected chi connectivity index (χ1v) is 6.42. The third kappa shape index (κ3) is 6.19. The summed E-state index contributed by atoms with van der Waals surface area (Å²) in [5, 5.41) is 6.28. The van der Waals surface area contributed by atoms with Crippen molar-refractivity contribution < 1.29 is 9.47 Å². The average Bonchev–Trinajstić information content (AvgIpc) is 2.49. The fourth-order valence-corrected chi connectivity index (χ4v) is 1.41. The summed E-state index contributed by atoms with van der Waals surface area (Å²) in [5.74, 6) is 1.32. The Morgan fingerprint density at radius 1 is 1.40 bits per heavy atom. The second-order valence-corrected chi connectivity index (χ2v) is 3.94. The lowest BCUT2D eigenvalue weighted by Crippen LogP contribution is -2.36. The molecular weight excluding hydrogens is 256 g/mol. The molecule has 0 bridgehead atoms. The molecule has 0 spiro atoms. The molecule has 0 unspecified atom stereocenters. The van der Waals surface area contributed by atoms with Crippen molar-refractivity contribution in [1.29, 1.82) is 0 Å². The van der Waals surface area contributed by atoms with E-state index in [0.717, 1.165) is 11.5 Å². The molecule has 20 heavy (non-hydrogen) atoms. The molecule has 0 aromatic carbocycles. The molecule has 0 fully saturated rings. The van der Waals surface area contributed by atoms with Crippen LogP contribution in [0.5, 0.6) is 5.88 Å². The lowest BCUT2D eigenvalue weighted by molar-refractivity contribution is 0.143. The molecule has 6 nitrogen and oxygen atoms in total. The largest absolute Gasteiger partial charge is 0.475 e. The van der Waals surface area contributed by atoms with Crippen LogP contribution in [0, 0.1) is 0 Å². The smallest absolute Gasteiger partial charge is 0.213 e. The van der Waals surface area contributed by atoms with E-state index in [1.165, 1.54) is 0 Å². The third-order valence-corrected chi connectivity index (χ3v) is 2.43. The van der Waals surface area contributed by atoms with Crippen LogP contribution >= 0.6 is 0 Å². The zero-order valence-corrected chi connectivity index (χ0v) is 12.1. The van der Waals surface area contributed by atoms with Crippen LogP contribution in [0.4, 0.5) is 0 Å². The van der Waals surface area contributed by atoms with Crippen LogP contribution < -0.4 is 15.4 Å². The van der Waals surface area contributed by atoms with Crippen molar-refractivity contribution in [1.82, 2.24) is 15.6 Å². The van der Waals surface area contributed by atoms with E-state index in [2.05, 4.69) is 27.2 Å². The second-order valence-electron chi connectivity index (χ2n) is 3.94. The number of rotatable bonds is 8. The number of aromatic nitrogens is 1. The number of ether oxygens (including phenoxy) is 2. The topological polar surface area (TPSA) is 67.8 Å². The van der Waals surface area contributed by atoms with Crippen LogP contribution in [0.1, 0.15) is 5.56 Å². The van der Waals surface area contributed by atoms with Gasteiger partial charge in [0, 0.05) is 39.5 Å². The lowest BCUT2D eigenvalue weighted by atomic mass is 10.3. The van der Waals surface area contributed by atoms with E-state index in [4.69, 9.17) is 9.47 Å². The Balaban J connectivity index is 2.38. The Hall–Kier alpha value is -2.08. The fraction of sp³-hybridized carbons (Fsp3) is 0.429. The molecule has 0 amide bonds. The first-order valence-electron chi connectivity index (χ1n) is 6.42. The number of methoxy groups -OCH3 is 1. The third-order valence-electron chi connectivity index (χ3n) is 2.43. The number of aliphatic imine (C=N–C) groups is 1. The molecule has 1 heterocycles. The molecule has 0 aliphatic carbocycles. The Bertz CT molecular complexity index is 418. The Morgan fingerprint density at radius 2 is 2.25 bits per heavy atom. The van der Waals surface area contributed by atoms with Crippen molar-refractivity contribution in [3.8, 4) is 5.88 Å². The molecule has 0 atom stereocenters. The minimum absolute atomic E-state index is 0.499. The molecule has 0 aliphatic heterocycles. The maximum absolute atomic E-state index is 5.40. The highest BCUT2D eigenvalue weighted by molar-refractivity contribution is 5.79. The Morgan fingerprint density at radius 3 is 2.85 bits per heavy atom. The predicted molar refractivity (Wildman–Crippen MR) is 80.0 cm³/mol. The van der Waals surface area contributed by atoms with E-state index in [0.29, 0.717) is 32.2 Å². The molecule has 0 saturated heterocycles. The van der Waals surface area contributed by atoms with E-state index in [-0.39, 0.29) is 0 Å². The van der Waals surface area contributed by atoms with Crippen LogP contribution in [0.3, 0.4) is 0 Å². The normalized spacial score (nSPS) is 11.0. The molecule has 1 aromatic rings. The number of hydrogen-bond donors (Lipinski definition) is 2. The van der Waals surface area contributed by atoms with Gasteiger partial charge < -0.3 is 20.1 Å². The van der Waals surface area contributed by atoms with Crippen molar-refractivity contribution in [2.75, 3.05) is 33.9 Å². The van der Waals surface area contributed by atoms with Crippen LogP contribution in [0.25, 0.3) is 0 Å². The summed E-state index contributed by atoms with van der Waals surface area (Å²) in [6, 6.07) is 3.80. The van der Waals surface area contributed by atoms with Gasteiger partial charge in [-0.15, -0.1) is 6.58 Å². The summed E-state index contributed by atoms with van der Waals surface area (Å²) in [6.07, 6.45) is 3.55. The van der Waals surface area contributed by atoms with Crippen LogP contribution in [0.2, 0.25) is 0 Å². The Kier molecular flexibility index (Phi) is 7.83. The van der Waals surface area contributed by atoms with Crippen molar-refractivity contribution >= 4 is 5.96 Å². The maximum Gasteiger partial charge on any atom is 0.213 e. The highest BCUT2D eigenvalue weighted by Crippen LogP contribution is 2.07. The predicted octanol–water partition coefficient (Wildman–Crippen LogP) is 0.958. The van der Waals surface area contributed by atoms with Gasteiger partial charge in [0.05, 0.1) is 6.61 Å². The zero-order valence-electron chi connectivity index (χ0n) is 12.1. The summed E-state index contributed by atoms with van der Waals surface area (Å²) in [5.41, 5.74) is 1.05. The second kappa shape index (κ2) is 9.80. The van der Waals surface area contributed by atoms with Gasteiger partial charge in [-0.25, -0.2) is 4.98 Å². The van der Waals surface area contributed by atoms with Gasteiger partial charge >= 0.3 is 0 Å². The van der Waals surface area contributed by atoms with Crippen molar-refractivity contribution in [2.45, 2.75) is 6.54 Å². The minimum Gasteiger partial charge on any atom is -0.475 e. The van der Waals surface area contributed by atoms with E-state index in [9.17, 15) is 0 Å². The van der Waals surface area contributed by atoms with Gasteiger partial charge in [0.15, 0.2) is 5.96 Å². The highest BCUT2D eigenvalue weighted by Gasteiger charge is 1.99. The number of nitrogens with one attached hydrogen (secondary N) is 2. The first kappa shape index (κ1) is 16.0. The summed E-state index contributed by atoms with van der Waals surface area (Å²) in [4.78, 5) is 8.32. The van der Waals surface area contributed by atoms with E-state index >= 15 is 0 Å². The zero-order chi connectivity index (χ0) is 14.6. The summed E-state index contributed by atoms with van der Waals surface area (Å²) < 4.78 is 10.3. The van der Waals surface area contributed by atoms with Crippen LogP contribution in [-0.4, -0.2) is 44.9 Å². The molecule has 1 aromatic heterocycles. The van der Waals surface area contributed by atoms with Crippen LogP contribution in [-0.2, 0) is 11.3 Å². The first-order chi connectivity index (χ1) is 9.80. The number of guanidine groups is 1. The van der Waals surface area contributed by atoms with Gasteiger partial charge in [0.2, 0.25) is 5.88 Å². The van der Waals surface area contributed by atoms with Crippen molar-refractivity contribution in [3.63, 3.8) is 0 Å². The van der Waals surface area contributed by atoms with E-state index < -0.39 is 0 Å². The van der Waals surface area contributed by atoms with Crippen LogP contribution in [0.15, 0.2) is 36.0 Å². The van der Waals surface area contributed by atoms with Gasteiger partial charge in [-0.2, -0.15) is 0 Å². The fourth-order valence-electron chi connectivity index (χ4n) is 1.41. The number of pyridine rings is 1. The summed E-state index contributed by atoms with van der Waals surface area (Å²) in [6.45, 7) is 6.01. The number of nitrogens with zero attached hydrogens (tertiary/aromatic N) is 2. The lowest BCUT2D eigenvalue weighted by Gasteiger charge is -2.10. The monoisotopic (exact) mass is 278 g/mol. The van der Waals surface area contributed by atoms with Crippen molar-refractivity contribution in [2.24, 2.45) is 4.99 Å². The van der Waals surface area contributed by atoms with E-state index in [1.54, 1.807) is 26.4 Å².